The van der Waals surface area contributed by atoms with Crippen molar-refractivity contribution in [1.82, 2.24) is 19.6 Å². The first kappa shape index (κ1) is 19.8. The minimum absolute atomic E-state index is 0.121. The maximum atomic E-state index is 12.7. The Morgan fingerprint density at radius 2 is 1.79 bits per heavy atom. The number of benzene rings is 1. The van der Waals surface area contributed by atoms with Crippen molar-refractivity contribution < 1.29 is 9.59 Å². The van der Waals surface area contributed by atoms with E-state index in [1.807, 2.05) is 4.90 Å². The highest BCUT2D eigenvalue weighted by Gasteiger charge is 2.41. The molecule has 1 aromatic heterocycles. The smallest absolute Gasteiger partial charge is 0.323 e. The summed E-state index contributed by atoms with van der Waals surface area (Å²) in [5.74, 6) is -0.121. The highest BCUT2D eigenvalue weighted by atomic mass is 16.2. The largest absolute Gasteiger partial charge is 0.344 e. The van der Waals surface area contributed by atoms with Gasteiger partial charge in [-0.1, -0.05) is 18.2 Å². The van der Waals surface area contributed by atoms with Gasteiger partial charge in [0.15, 0.2) is 5.78 Å². The number of rotatable bonds is 3. The van der Waals surface area contributed by atoms with E-state index < -0.39 is 0 Å². The van der Waals surface area contributed by atoms with E-state index in [1.54, 1.807) is 12.3 Å². The number of amides is 1. The van der Waals surface area contributed by atoms with Crippen LogP contribution in [-0.2, 0) is 6.54 Å². The van der Waals surface area contributed by atoms with E-state index in [1.165, 1.54) is 34.7 Å². The van der Waals surface area contributed by atoms with Crippen LogP contribution in [0.25, 0.3) is 0 Å². The number of carbonyl (C=O) groups is 2. The van der Waals surface area contributed by atoms with Crippen molar-refractivity contribution in [3.8, 4) is 0 Å². The number of hydrogen-bond acceptors (Lipinski definition) is 4. The highest BCUT2D eigenvalue weighted by Crippen LogP contribution is 2.41. The molecule has 0 bridgehead atoms. The average molecular weight is 395 g/mol. The van der Waals surface area contributed by atoms with Gasteiger partial charge in [0.05, 0.1) is 0 Å². The van der Waals surface area contributed by atoms with Crippen molar-refractivity contribution in [2.24, 2.45) is 5.41 Å². The van der Waals surface area contributed by atoms with E-state index in [9.17, 15) is 9.59 Å². The van der Waals surface area contributed by atoms with Crippen LogP contribution in [0, 0.1) is 19.3 Å². The van der Waals surface area contributed by atoms with Crippen molar-refractivity contribution in [1.29, 1.82) is 0 Å². The number of aromatic nitrogens is 2. The predicted octanol–water partition coefficient (Wildman–Crippen LogP) is 3.66. The summed E-state index contributed by atoms with van der Waals surface area (Å²) in [4.78, 5) is 28.6. The third-order valence-corrected chi connectivity index (χ3v) is 6.87. The maximum Gasteiger partial charge on any atom is 0.344 e. The first-order chi connectivity index (χ1) is 13.9. The molecule has 0 atom stereocenters. The second kappa shape index (κ2) is 7.75. The van der Waals surface area contributed by atoms with E-state index in [4.69, 9.17) is 0 Å². The third-order valence-electron chi connectivity index (χ3n) is 6.87. The number of ketones is 1. The SMILES string of the molecule is CC(=O)c1ccn(C(=O)N2CCC3(CCN(Cc4cccc(C)c4C)C3)CC2)n1. The van der Waals surface area contributed by atoms with Gasteiger partial charge < -0.3 is 4.90 Å². The molecule has 154 valence electrons. The Kier molecular flexibility index (Phi) is 5.30. The lowest BCUT2D eigenvalue weighted by Gasteiger charge is -2.39. The van der Waals surface area contributed by atoms with E-state index in [2.05, 4.69) is 42.0 Å². The Hall–Kier alpha value is -2.47. The zero-order valence-corrected chi connectivity index (χ0v) is 17.6. The van der Waals surface area contributed by atoms with Gasteiger partial charge >= 0.3 is 6.03 Å². The number of Topliss-reactive ketones (excluding diaryl/α,β-unsaturated/α-hetero) is 1. The fraction of sp³-hybridized carbons (Fsp3) is 0.522. The molecule has 2 aliphatic heterocycles. The lowest BCUT2D eigenvalue weighted by atomic mass is 9.78. The van der Waals surface area contributed by atoms with Gasteiger partial charge in [0.2, 0.25) is 0 Å². The van der Waals surface area contributed by atoms with E-state index in [0.717, 1.165) is 45.6 Å². The molecular weight excluding hydrogens is 364 g/mol. The fourth-order valence-electron chi connectivity index (χ4n) is 4.73. The zero-order chi connectivity index (χ0) is 20.6. The Labute approximate surface area is 172 Å². The van der Waals surface area contributed by atoms with Crippen molar-refractivity contribution >= 4 is 11.8 Å². The van der Waals surface area contributed by atoms with Crippen LogP contribution in [0.5, 0.6) is 0 Å². The molecule has 0 aliphatic carbocycles. The molecule has 3 heterocycles. The summed E-state index contributed by atoms with van der Waals surface area (Å²) >= 11 is 0. The van der Waals surface area contributed by atoms with Gasteiger partial charge in [-0.3, -0.25) is 9.69 Å². The van der Waals surface area contributed by atoms with E-state index in [0.29, 0.717) is 11.1 Å². The van der Waals surface area contributed by atoms with Gasteiger partial charge in [-0.2, -0.15) is 9.78 Å². The molecule has 2 saturated heterocycles. The van der Waals surface area contributed by atoms with Crippen LogP contribution in [0.2, 0.25) is 0 Å². The van der Waals surface area contributed by atoms with Crippen LogP contribution in [0.1, 0.15) is 53.4 Å². The molecule has 0 unspecified atom stereocenters. The highest BCUT2D eigenvalue weighted by molar-refractivity contribution is 5.92. The molecule has 6 nitrogen and oxygen atoms in total. The second-order valence-corrected chi connectivity index (χ2v) is 8.79. The topological polar surface area (TPSA) is 58.4 Å². The lowest BCUT2D eigenvalue weighted by Crippen LogP contribution is -2.45. The molecule has 1 spiro atoms. The van der Waals surface area contributed by atoms with Gasteiger partial charge in [-0.15, -0.1) is 0 Å². The normalized spacial score (nSPS) is 19.1. The molecule has 29 heavy (non-hydrogen) atoms. The number of hydrogen-bond donors (Lipinski definition) is 0. The van der Waals surface area contributed by atoms with Crippen molar-refractivity contribution in [2.75, 3.05) is 26.2 Å². The van der Waals surface area contributed by atoms with Crippen LogP contribution in [0.15, 0.2) is 30.5 Å². The lowest BCUT2D eigenvalue weighted by molar-refractivity contribution is 0.101. The number of piperidine rings is 1. The van der Waals surface area contributed by atoms with E-state index in [-0.39, 0.29) is 11.8 Å². The number of likely N-dealkylation sites (tertiary alicyclic amines) is 2. The Morgan fingerprint density at radius 3 is 2.48 bits per heavy atom. The Morgan fingerprint density at radius 1 is 1.07 bits per heavy atom. The van der Waals surface area contributed by atoms with Crippen LogP contribution in [0.4, 0.5) is 4.79 Å². The summed E-state index contributed by atoms with van der Waals surface area (Å²) in [6.07, 6.45) is 4.85. The van der Waals surface area contributed by atoms with Crippen LogP contribution < -0.4 is 0 Å². The molecule has 6 heteroatoms. The molecule has 2 fully saturated rings. The van der Waals surface area contributed by atoms with Crippen molar-refractivity contribution in [2.45, 2.75) is 46.6 Å². The zero-order valence-electron chi connectivity index (χ0n) is 17.6. The minimum Gasteiger partial charge on any atom is -0.323 e. The summed E-state index contributed by atoms with van der Waals surface area (Å²) in [5, 5.41) is 4.12. The van der Waals surface area contributed by atoms with E-state index >= 15 is 0 Å². The summed E-state index contributed by atoms with van der Waals surface area (Å²) in [6.45, 7) is 10.6. The molecule has 2 aliphatic rings. The number of carbonyl (C=O) groups excluding carboxylic acids is 2. The molecule has 0 N–H and O–H groups in total. The Bertz CT molecular complexity index is 925. The molecule has 1 aromatic carbocycles. The first-order valence-corrected chi connectivity index (χ1v) is 10.5. The standard InChI is InChI=1S/C23H30N4O2/c1-17-5-4-6-20(18(17)2)15-25-12-8-23(16-25)9-13-26(14-10-23)22(29)27-11-7-21(24-27)19(3)28/h4-7,11H,8-10,12-16H2,1-3H3. The van der Waals surface area contributed by atoms with Crippen molar-refractivity contribution in [3.05, 3.63) is 52.8 Å². The second-order valence-electron chi connectivity index (χ2n) is 8.79. The van der Waals surface area contributed by atoms with Gasteiger partial charge in [0, 0.05) is 39.3 Å². The summed E-state index contributed by atoms with van der Waals surface area (Å²) in [6, 6.07) is 8.05. The van der Waals surface area contributed by atoms with Gasteiger partial charge in [-0.05, 0) is 67.8 Å². The van der Waals surface area contributed by atoms with Crippen LogP contribution in [0.3, 0.4) is 0 Å². The predicted molar refractivity (Wildman–Crippen MR) is 112 cm³/mol. The maximum absolute atomic E-state index is 12.7. The summed E-state index contributed by atoms with van der Waals surface area (Å²) in [5.41, 5.74) is 4.84. The van der Waals surface area contributed by atoms with Crippen LogP contribution >= 0.6 is 0 Å². The Balaban J connectivity index is 1.35. The van der Waals surface area contributed by atoms with Gasteiger partial charge in [-0.25, -0.2) is 4.79 Å². The molecule has 0 radical (unpaired) electrons. The third kappa shape index (κ3) is 3.99. The van der Waals surface area contributed by atoms with Gasteiger partial charge in [0.1, 0.15) is 5.69 Å². The monoisotopic (exact) mass is 394 g/mol. The number of aryl methyl sites for hydroxylation is 1. The first-order valence-electron chi connectivity index (χ1n) is 10.5. The quantitative estimate of drug-likeness (QED) is 0.746. The molecular formula is C23H30N4O2. The average Bonchev–Trinajstić information content (AvgIpc) is 3.34. The van der Waals surface area contributed by atoms with Crippen LogP contribution in [-0.4, -0.2) is 57.6 Å². The number of nitrogens with zero attached hydrogens (tertiary/aromatic N) is 4. The summed E-state index contributed by atoms with van der Waals surface area (Å²) in [7, 11) is 0. The summed E-state index contributed by atoms with van der Waals surface area (Å²) < 4.78 is 1.30. The van der Waals surface area contributed by atoms with Gasteiger partial charge in [0.25, 0.3) is 0 Å². The molecule has 2 aromatic rings. The minimum atomic E-state index is -0.127. The fourth-order valence-corrected chi connectivity index (χ4v) is 4.73. The molecule has 0 saturated carbocycles. The van der Waals surface area contributed by atoms with Crippen molar-refractivity contribution in [3.63, 3.8) is 0 Å². The molecule has 1 amide bonds. The molecule has 4 rings (SSSR count).